The molecule has 0 aliphatic rings. The highest BCUT2D eigenvalue weighted by atomic mass is 28.4. The Morgan fingerprint density at radius 2 is 1.79 bits per heavy atom. The normalized spacial score (nSPS) is 15.6. The van der Waals surface area contributed by atoms with Crippen LogP contribution in [0, 0.1) is 11.8 Å². The number of benzene rings is 1. The quantitative estimate of drug-likeness (QED) is 0.322. The Bertz CT molecular complexity index is 592. The molecular formula is C24H42O4Si. The van der Waals surface area contributed by atoms with Crippen molar-refractivity contribution in [3.05, 3.63) is 42.5 Å². The van der Waals surface area contributed by atoms with Crippen molar-refractivity contribution < 1.29 is 19.0 Å². The minimum absolute atomic E-state index is 0.0667. The van der Waals surface area contributed by atoms with Gasteiger partial charge in [-0.3, -0.25) is 0 Å². The minimum atomic E-state index is -1.73. The molecule has 166 valence electrons. The van der Waals surface area contributed by atoms with E-state index in [1.807, 2.05) is 37.3 Å². The molecule has 1 rings (SSSR count). The summed E-state index contributed by atoms with van der Waals surface area (Å²) in [7, 11) is -0.0696. The molecule has 0 spiro atoms. The molecule has 0 unspecified atom stereocenters. The fourth-order valence-electron chi connectivity index (χ4n) is 2.75. The number of allylic oxidation sites excluding steroid dienone is 1. The van der Waals surface area contributed by atoms with Crippen LogP contribution in [-0.4, -0.2) is 39.9 Å². The van der Waals surface area contributed by atoms with Gasteiger partial charge in [-0.05, 0) is 54.6 Å². The predicted molar refractivity (Wildman–Crippen MR) is 124 cm³/mol. The fourth-order valence-corrected chi connectivity index (χ4v) is 3.81. The van der Waals surface area contributed by atoms with E-state index < -0.39 is 14.4 Å². The van der Waals surface area contributed by atoms with Gasteiger partial charge in [0.25, 0.3) is 0 Å². The molecule has 0 amide bonds. The molecule has 0 aromatic heterocycles. The van der Waals surface area contributed by atoms with E-state index in [9.17, 15) is 5.11 Å². The number of hydrogen-bond donors (Lipinski definition) is 1. The summed E-state index contributed by atoms with van der Waals surface area (Å²) in [5, 5.41) is 10.8. The summed E-state index contributed by atoms with van der Waals surface area (Å²) in [6, 6.07) is 7.85. The van der Waals surface area contributed by atoms with Crippen LogP contribution in [0.1, 0.15) is 46.1 Å². The first kappa shape index (κ1) is 25.9. The molecule has 4 nitrogen and oxygen atoms in total. The van der Waals surface area contributed by atoms with Gasteiger partial charge >= 0.3 is 0 Å². The van der Waals surface area contributed by atoms with E-state index >= 15 is 0 Å². The van der Waals surface area contributed by atoms with Gasteiger partial charge < -0.3 is 19.0 Å². The second-order valence-corrected chi connectivity index (χ2v) is 14.3. The van der Waals surface area contributed by atoms with Crippen LogP contribution < -0.4 is 4.74 Å². The molecule has 0 aliphatic heterocycles. The zero-order valence-corrected chi connectivity index (χ0v) is 20.5. The summed E-state index contributed by atoms with van der Waals surface area (Å²) in [5.41, 5.74) is 1.10. The summed E-state index contributed by atoms with van der Waals surface area (Å²) in [5.74, 6) is 1.15. The van der Waals surface area contributed by atoms with Crippen LogP contribution in [0.5, 0.6) is 5.75 Å². The Morgan fingerprint density at radius 1 is 1.17 bits per heavy atom. The Labute approximate surface area is 179 Å². The summed E-state index contributed by atoms with van der Waals surface area (Å²) in [4.78, 5) is 0. The molecule has 1 N–H and O–H groups in total. The minimum Gasteiger partial charge on any atom is -0.497 e. The highest BCUT2D eigenvalue weighted by Gasteiger charge is 2.37. The maximum atomic E-state index is 10.6. The standard InChI is InChI=1S/C24H42O4Si/c1-9-20(14-15-28-29(7,8)24(3,4)5)16-23(25)19(2)17-27-18-21-10-12-22(26-6)13-11-21/h9-13,19-20,23,25H,1,14-18H2,2-8H3/t19-,20+,23-/m1/s1. The molecule has 29 heavy (non-hydrogen) atoms. The van der Waals surface area contributed by atoms with E-state index in [4.69, 9.17) is 13.9 Å². The Balaban J connectivity index is 2.36. The van der Waals surface area contributed by atoms with Crippen LogP contribution in [0.2, 0.25) is 18.1 Å². The summed E-state index contributed by atoms with van der Waals surface area (Å²) in [6.45, 7) is 19.1. The third kappa shape index (κ3) is 9.03. The Morgan fingerprint density at radius 3 is 2.31 bits per heavy atom. The Kier molecular flexibility index (Phi) is 10.6. The highest BCUT2D eigenvalue weighted by molar-refractivity contribution is 6.74. The number of methoxy groups -OCH3 is 1. The predicted octanol–water partition coefficient (Wildman–Crippen LogP) is 5.81. The van der Waals surface area contributed by atoms with Crippen molar-refractivity contribution in [2.24, 2.45) is 11.8 Å². The second-order valence-electron chi connectivity index (χ2n) is 9.54. The molecule has 1 aromatic rings. The zero-order valence-electron chi connectivity index (χ0n) is 19.5. The van der Waals surface area contributed by atoms with Gasteiger partial charge in [0.1, 0.15) is 5.75 Å². The lowest BCUT2D eigenvalue weighted by Crippen LogP contribution is -2.41. The van der Waals surface area contributed by atoms with Gasteiger partial charge in [0.05, 0.1) is 26.4 Å². The van der Waals surface area contributed by atoms with Gasteiger partial charge in [0.2, 0.25) is 0 Å². The summed E-state index contributed by atoms with van der Waals surface area (Å²) >= 11 is 0. The smallest absolute Gasteiger partial charge is 0.191 e. The third-order valence-electron chi connectivity index (χ3n) is 6.10. The van der Waals surface area contributed by atoms with E-state index in [1.165, 1.54) is 0 Å². The maximum absolute atomic E-state index is 10.6. The van der Waals surface area contributed by atoms with E-state index in [1.54, 1.807) is 7.11 Å². The van der Waals surface area contributed by atoms with Gasteiger partial charge in [0.15, 0.2) is 8.32 Å². The van der Waals surface area contributed by atoms with E-state index in [0.29, 0.717) is 19.6 Å². The molecule has 1 aromatic carbocycles. The molecule has 3 atom stereocenters. The van der Waals surface area contributed by atoms with Crippen molar-refractivity contribution in [1.82, 2.24) is 0 Å². The number of aliphatic hydroxyl groups excluding tert-OH is 1. The van der Waals surface area contributed by atoms with Crippen LogP contribution in [0.15, 0.2) is 36.9 Å². The monoisotopic (exact) mass is 422 g/mol. The van der Waals surface area contributed by atoms with Crippen LogP contribution in [0.4, 0.5) is 0 Å². The van der Waals surface area contributed by atoms with Crippen molar-refractivity contribution >= 4 is 8.32 Å². The molecule has 0 radical (unpaired) electrons. The molecular weight excluding hydrogens is 380 g/mol. The number of ether oxygens (including phenoxy) is 2. The lowest BCUT2D eigenvalue weighted by molar-refractivity contribution is 0.0194. The first-order valence-electron chi connectivity index (χ1n) is 10.7. The van der Waals surface area contributed by atoms with Crippen LogP contribution in [0.25, 0.3) is 0 Å². The highest BCUT2D eigenvalue weighted by Crippen LogP contribution is 2.36. The molecule has 0 aliphatic carbocycles. The maximum Gasteiger partial charge on any atom is 0.191 e. The van der Waals surface area contributed by atoms with Crippen molar-refractivity contribution in [3.63, 3.8) is 0 Å². The van der Waals surface area contributed by atoms with Gasteiger partial charge in [-0.25, -0.2) is 0 Å². The van der Waals surface area contributed by atoms with Gasteiger partial charge in [-0.2, -0.15) is 0 Å². The topological polar surface area (TPSA) is 47.9 Å². The van der Waals surface area contributed by atoms with E-state index in [2.05, 4.69) is 40.4 Å². The van der Waals surface area contributed by atoms with E-state index in [0.717, 1.165) is 24.3 Å². The summed E-state index contributed by atoms with van der Waals surface area (Å²) < 4.78 is 17.2. The Hall–Kier alpha value is -1.14. The molecule has 0 bridgehead atoms. The molecule has 0 heterocycles. The SMILES string of the molecule is C=C[C@@H](CCO[Si](C)(C)C(C)(C)C)C[C@@H](O)[C@H](C)COCc1ccc(OC)cc1. The van der Waals surface area contributed by atoms with Crippen molar-refractivity contribution in [2.75, 3.05) is 20.3 Å². The largest absolute Gasteiger partial charge is 0.497 e. The van der Waals surface area contributed by atoms with Crippen molar-refractivity contribution in [1.29, 1.82) is 0 Å². The van der Waals surface area contributed by atoms with E-state index in [-0.39, 0.29) is 16.9 Å². The average molecular weight is 423 g/mol. The number of aliphatic hydroxyl groups is 1. The molecule has 0 saturated heterocycles. The fraction of sp³-hybridized carbons (Fsp3) is 0.667. The number of hydrogen-bond acceptors (Lipinski definition) is 4. The van der Waals surface area contributed by atoms with Crippen LogP contribution in [0.3, 0.4) is 0 Å². The van der Waals surface area contributed by atoms with Gasteiger partial charge in [-0.1, -0.05) is 45.9 Å². The lowest BCUT2D eigenvalue weighted by atomic mass is 9.92. The van der Waals surface area contributed by atoms with Crippen molar-refractivity contribution in [2.45, 2.75) is 71.4 Å². The summed E-state index contributed by atoms with van der Waals surface area (Å²) in [6.07, 6.45) is 3.12. The molecule has 0 fully saturated rings. The van der Waals surface area contributed by atoms with Gasteiger partial charge in [0, 0.05) is 12.5 Å². The van der Waals surface area contributed by atoms with Crippen LogP contribution in [-0.2, 0) is 15.8 Å². The van der Waals surface area contributed by atoms with Gasteiger partial charge in [-0.15, -0.1) is 6.58 Å². The van der Waals surface area contributed by atoms with Crippen molar-refractivity contribution in [3.8, 4) is 5.75 Å². The molecule has 5 heteroatoms. The average Bonchev–Trinajstić information content (AvgIpc) is 2.66. The second kappa shape index (κ2) is 11.9. The zero-order chi connectivity index (χ0) is 22.1. The van der Waals surface area contributed by atoms with Crippen LogP contribution >= 0.6 is 0 Å². The molecule has 0 saturated carbocycles. The number of rotatable bonds is 13. The first-order chi connectivity index (χ1) is 13.5. The lowest BCUT2D eigenvalue weighted by Gasteiger charge is -2.36. The third-order valence-corrected chi connectivity index (χ3v) is 10.6. The first-order valence-corrected chi connectivity index (χ1v) is 13.6.